The van der Waals surface area contributed by atoms with Crippen molar-refractivity contribution in [3.8, 4) is 17.6 Å². The van der Waals surface area contributed by atoms with Crippen LogP contribution < -0.4 is 14.8 Å². The molecule has 1 amide bonds. The first-order chi connectivity index (χ1) is 16.8. The van der Waals surface area contributed by atoms with Gasteiger partial charge in [0.1, 0.15) is 18.2 Å². The van der Waals surface area contributed by atoms with Gasteiger partial charge in [-0.05, 0) is 61.4 Å². The maximum absolute atomic E-state index is 12.7. The van der Waals surface area contributed by atoms with Gasteiger partial charge < -0.3 is 14.8 Å². The Bertz CT molecular complexity index is 1310. The van der Waals surface area contributed by atoms with Gasteiger partial charge in [-0.2, -0.15) is 5.26 Å². The average Bonchev–Trinajstić information content (AvgIpc) is 2.84. The zero-order chi connectivity index (χ0) is 25.4. The zero-order valence-corrected chi connectivity index (χ0v) is 20.9. The normalized spacial score (nSPS) is 10.9. The van der Waals surface area contributed by atoms with Crippen molar-refractivity contribution in [1.82, 2.24) is 0 Å². The van der Waals surface area contributed by atoms with Crippen LogP contribution in [0.3, 0.4) is 0 Å². The number of nitriles is 1. The molecule has 0 aromatic heterocycles. The van der Waals surface area contributed by atoms with E-state index in [4.69, 9.17) is 32.7 Å². The minimum Gasteiger partial charge on any atom is -0.493 e. The molecule has 0 aliphatic heterocycles. The first-order valence-corrected chi connectivity index (χ1v) is 11.5. The number of hydrogen-bond donors (Lipinski definition) is 1. The second-order valence-corrected chi connectivity index (χ2v) is 8.56. The summed E-state index contributed by atoms with van der Waals surface area (Å²) in [5, 5.41) is 13.4. The number of aryl methyl sites for hydroxylation is 1. The third kappa shape index (κ3) is 6.89. The molecule has 35 heavy (non-hydrogen) atoms. The molecule has 0 heterocycles. The highest BCUT2D eigenvalue weighted by Gasteiger charge is 2.16. The molecule has 0 bridgehead atoms. The Morgan fingerprint density at radius 2 is 1.86 bits per heavy atom. The molecule has 178 valence electrons. The lowest BCUT2D eigenvalue weighted by molar-refractivity contribution is -0.112. The van der Waals surface area contributed by atoms with Crippen LogP contribution in [0.5, 0.6) is 11.5 Å². The molecular formula is C28H24Cl2N2O3. The van der Waals surface area contributed by atoms with Gasteiger partial charge in [-0.3, -0.25) is 4.79 Å². The molecule has 0 spiro atoms. The molecule has 0 aliphatic rings. The summed E-state index contributed by atoms with van der Waals surface area (Å²) in [5.41, 5.74) is 3.81. The van der Waals surface area contributed by atoms with Gasteiger partial charge in [0.05, 0.1) is 7.11 Å². The summed E-state index contributed by atoms with van der Waals surface area (Å²) >= 11 is 12.3. The van der Waals surface area contributed by atoms with Crippen LogP contribution in [-0.2, 0) is 17.8 Å². The minimum absolute atomic E-state index is 0.0428. The number of carbonyl (C=O) groups excluding carboxylic acids is 1. The Morgan fingerprint density at radius 3 is 2.49 bits per heavy atom. The van der Waals surface area contributed by atoms with Crippen molar-refractivity contribution < 1.29 is 14.3 Å². The fourth-order valence-corrected chi connectivity index (χ4v) is 3.79. The van der Waals surface area contributed by atoms with Gasteiger partial charge in [0.15, 0.2) is 11.5 Å². The molecule has 0 atom stereocenters. The molecule has 0 radical (unpaired) electrons. The molecule has 0 fully saturated rings. The first kappa shape index (κ1) is 25.9. The number of ether oxygens (including phenoxy) is 2. The van der Waals surface area contributed by atoms with E-state index in [1.807, 2.05) is 31.2 Å². The number of nitrogens with one attached hydrogen (secondary N) is 1. The third-order valence-electron chi connectivity index (χ3n) is 5.11. The van der Waals surface area contributed by atoms with Crippen molar-refractivity contribution in [2.75, 3.05) is 12.4 Å². The Hall–Kier alpha value is -3.72. The number of amides is 1. The standard InChI is InChI=1S/C28H24Cl2N2O3/c1-4-5-20-12-19(13-22(16-31)28(33)32-24-10-6-18(2)7-11-24)14-26(34-3)27(20)35-17-21-8-9-23(29)15-25(21)30/h4,6-15H,1,5,17H2,2-3H3,(H,32,33)/b22-13-. The molecule has 7 heteroatoms. The van der Waals surface area contributed by atoms with Crippen LogP contribution in [0.25, 0.3) is 6.08 Å². The van der Waals surface area contributed by atoms with Gasteiger partial charge in [0.2, 0.25) is 0 Å². The number of rotatable bonds is 9. The summed E-state index contributed by atoms with van der Waals surface area (Å²) in [7, 11) is 1.53. The molecule has 0 saturated carbocycles. The fourth-order valence-electron chi connectivity index (χ4n) is 3.33. The van der Waals surface area contributed by atoms with Crippen molar-refractivity contribution in [3.63, 3.8) is 0 Å². The van der Waals surface area contributed by atoms with Crippen LogP contribution in [0.4, 0.5) is 5.69 Å². The van der Waals surface area contributed by atoms with Crippen LogP contribution in [0, 0.1) is 18.3 Å². The summed E-state index contributed by atoms with van der Waals surface area (Å²) in [6, 6.07) is 18.0. The van der Waals surface area contributed by atoms with Crippen molar-refractivity contribution in [2.24, 2.45) is 0 Å². The highest BCUT2D eigenvalue weighted by molar-refractivity contribution is 6.35. The Balaban J connectivity index is 1.90. The zero-order valence-electron chi connectivity index (χ0n) is 19.4. The van der Waals surface area contributed by atoms with E-state index in [1.165, 1.54) is 13.2 Å². The Kier molecular flexibility index (Phi) is 8.97. The second-order valence-electron chi connectivity index (χ2n) is 7.72. The van der Waals surface area contributed by atoms with Gasteiger partial charge in [0, 0.05) is 26.9 Å². The molecule has 3 aromatic rings. The van der Waals surface area contributed by atoms with E-state index < -0.39 is 5.91 Å². The second kappa shape index (κ2) is 12.1. The summed E-state index contributed by atoms with van der Waals surface area (Å²) in [6.07, 6.45) is 3.73. The first-order valence-electron chi connectivity index (χ1n) is 10.7. The van der Waals surface area contributed by atoms with Crippen LogP contribution >= 0.6 is 23.2 Å². The van der Waals surface area contributed by atoms with E-state index in [2.05, 4.69) is 11.9 Å². The molecule has 0 unspecified atom stereocenters. The molecular weight excluding hydrogens is 483 g/mol. The van der Waals surface area contributed by atoms with E-state index in [0.717, 1.165) is 16.7 Å². The number of anilines is 1. The van der Waals surface area contributed by atoms with E-state index >= 15 is 0 Å². The van der Waals surface area contributed by atoms with Crippen LogP contribution in [0.1, 0.15) is 22.3 Å². The number of carbonyl (C=O) groups is 1. The summed E-state index contributed by atoms with van der Waals surface area (Å²) in [5.74, 6) is 0.480. The highest BCUT2D eigenvalue weighted by atomic mass is 35.5. The molecule has 0 aliphatic carbocycles. The van der Waals surface area contributed by atoms with E-state index in [-0.39, 0.29) is 12.2 Å². The predicted molar refractivity (Wildman–Crippen MR) is 141 cm³/mol. The molecule has 3 aromatic carbocycles. The van der Waals surface area contributed by atoms with Crippen LogP contribution in [-0.4, -0.2) is 13.0 Å². The SMILES string of the molecule is C=CCc1cc(/C=C(/C#N)C(=O)Nc2ccc(C)cc2)cc(OC)c1OCc1ccc(Cl)cc1Cl. The molecule has 3 rings (SSSR count). The summed E-state index contributed by atoms with van der Waals surface area (Å²) < 4.78 is 11.6. The lowest BCUT2D eigenvalue weighted by Gasteiger charge is -2.16. The lowest BCUT2D eigenvalue weighted by Crippen LogP contribution is -2.13. The molecule has 0 saturated heterocycles. The maximum atomic E-state index is 12.7. The topological polar surface area (TPSA) is 71.4 Å². The van der Waals surface area contributed by atoms with Gasteiger partial charge in [-0.15, -0.1) is 6.58 Å². The average molecular weight is 507 g/mol. The Morgan fingerprint density at radius 1 is 1.11 bits per heavy atom. The van der Waals surface area contributed by atoms with Gasteiger partial charge in [-0.1, -0.05) is 53.0 Å². The van der Waals surface area contributed by atoms with E-state index in [9.17, 15) is 10.1 Å². The number of methoxy groups -OCH3 is 1. The van der Waals surface area contributed by atoms with Gasteiger partial charge in [-0.25, -0.2) is 0 Å². The number of hydrogen-bond acceptors (Lipinski definition) is 4. The number of halogens is 2. The third-order valence-corrected chi connectivity index (χ3v) is 5.70. The number of benzene rings is 3. The lowest BCUT2D eigenvalue weighted by atomic mass is 10.0. The van der Waals surface area contributed by atoms with E-state index in [0.29, 0.717) is 39.2 Å². The quantitative estimate of drug-likeness (QED) is 0.190. The van der Waals surface area contributed by atoms with Crippen molar-refractivity contribution in [2.45, 2.75) is 20.0 Å². The fraction of sp³-hybridized carbons (Fsp3) is 0.143. The number of allylic oxidation sites excluding steroid dienone is 1. The van der Waals surface area contributed by atoms with Gasteiger partial charge >= 0.3 is 0 Å². The Labute approximate surface area is 215 Å². The summed E-state index contributed by atoms with van der Waals surface area (Å²) in [6.45, 7) is 5.98. The number of nitrogens with zero attached hydrogens (tertiary/aromatic N) is 1. The van der Waals surface area contributed by atoms with Crippen molar-refractivity contribution >= 4 is 40.9 Å². The van der Waals surface area contributed by atoms with Crippen molar-refractivity contribution in [3.05, 3.63) is 105 Å². The van der Waals surface area contributed by atoms with Crippen molar-refractivity contribution in [1.29, 1.82) is 5.26 Å². The predicted octanol–water partition coefficient (Wildman–Crippen LogP) is 7.16. The molecule has 1 N–H and O–H groups in total. The van der Waals surface area contributed by atoms with Gasteiger partial charge in [0.25, 0.3) is 5.91 Å². The minimum atomic E-state index is -0.502. The monoisotopic (exact) mass is 506 g/mol. The largest absolute Gasteiger partial charge is 0.493 e. The van der Waals surface area contributed by atoms with E-state index in [1.54, 1.807) is 42.5 Å². The smallest absolute Gasteiger partial charge is 0.266 e. The maximum Gasteiger partial charge on any atom is 0.266 e. The summed E-state index contributed by atoms with van der Waals surface area (Å²) in [4.78, 5) is 12.7. The highest BCUT2D eigenvalue weighted by Crippen LogP contribution is 2.35. The van der Waals surface area contributed by atoms with Crippen LogP contribution in [0.15, 0.2) is 72.8 Å². The molecule has 5 nitrogen and oxygen atoms in total. The van der Waals surface area contributed by atoms with Crippen LogP contribution in [0.2, 0.25) is 10.0 Å².